The molecule has 30 heavy (non-hydrogen) atoms. The molecule has 3 rings (SSSR count). The van der Waals surface area contributed by atoms with Gasteiger partial charge in [-0.05, 0) is 35.9 Å². The lowest BCUT2D eigenvalue weighted by Crippen LogP contribution is -2.06. The quantitative estimate of drug-likeness (QED) is 0.284. The molecule has 0 bridgehead atoms. The number of nitro benzene ring substituents is 2. The first kappa shape index (κ1) is 20.7. The topological polar surface area (TPSA) is 122 Å². The molecule has 3 aromatic carbocycles. The molecule has 0 unspecified atom stereocenters. The van der Waals surface area contributed by atoms with Crippen molar-refractivity contribution in [2.75, 3.05) is 0 Å². The minimum Gasteiger partial charge on any atom is -0.457 e. The third kappa shape index (κ3) is 5.09. The highest BCUT2D eigenvalue weighted by atomic mass is 35.5. The number of hydrogen-bond donors (Lipinski definition) is 0. The van der Waals surface area contributed by atoms with Crippen LogP contribution < -0.4 is 4.74 Å². The summed E-state index contributed by atoms with van der Waals surface area (Å²) < 4.78 is 10.8. The van der Waals surface area contributed by atoms with Crippen LogP contribution in [0, 0.1) is 20.2 Å². The molecule has 10 heteroatoms. The molecule has 0 spiro atoms. The Bertz CT molecular complexity index is 1100. The first-order valence-corrected chi connectivity index (χ1v) is 8.83. The van der Waals surface area contributed by atoms with E-state index in [1.165, 1.54) is 36.4 Å². The molecule has 0 radical (unpaired) electrons. The molecule has 0 aliphatic rings. The van der Waals surface area contributed by atoms with Gasteiger partial charge in [0.05, 0.1) is 20.4 Å². The van der Waals surface area contributed by atoms with Crippen molar-refractivity contribution in [2.24, 2.45) is 0 Å². The van der Waals surface area contributed by atoms with Gasteiger partial charge in [0, 0.05) is 24.3 Å². The fraction of sp³-hybridized carbons (Fsp3) is 0.0500. The third-order valence-corrected chi connectivity index (χ3v) is 4.29. The average Bonchev–Trinajstić information content (AvgIpc) is 2.73. The van der Waals surface area contributed by atoms with E-state index in [0.29, 0.717) is 17.1 Å². The van der Waals surface area contributed by atoms with Crippen LogP contribution in [0.4, 0.5) is 11.4 Å². The molecule has 0 aliphatic carbocycles. The summed E-state index contributed by atoms with van der Waals surface area (Å²) in [4.78, 5) is 32.6. The van der Waals surface area contributed by atoms with Crippen LogP contribution in [-0.2, 0) is 11.3 Å². The van der Waals surface area contributed by atoms with E-state index in [-0.39, 0.29) is 28.6 Å². The van der Waals surface area contributed by atoms with Crippen molar-refractivity contribution in [1.82, 2.24) is 0 Å². The van der Waals surface area contributed by atoms with Crippen molar-refractivity contribution in [3.8, 4) is 11.5 Å². The van der Waals surface area contributed by atoms with Gasteiger partial charge in [-0.3, -0.25) is 20.2 Å². The summed E-state index contributed by atoms with van der Waals surface area (Å²) in [6, 6.07) is 15.8. The number of esters is 1. The van der Waals surface area contributed by atoms with Gasteiger partial charge in [0.25, 0.3) is 11.4 Å². The van der Waals surface area contributed by atoms with E-state index >= 15 is 0 Å². The molecule has 0 saturated carbocycles. The van der Waals surface area contributed by atoms with Crippen molar-refractivity contribution >= 4 is 28.9 Å². The maximum absolute atomic E-state index is 12.2. The third-order valence-electron chi connectivity index (χ3n) is 3.96. The molecule has 0 saturated heterocycles. The lowest BCUT2D eigenvalue weighted by Gasteiger charge is -2.08. The second kappa shape index (κ2) is 9.01. The predicted octanol–water partition coefficient (Wildman–Crippen LogP) is 5.31. The summed E-state index contributed by atoms with van der Waals surface area (Å²) in [5.41, 5.74) is 0.257. The number of carbonyl (C=O) groups excluding carboxylic acids is 1. The fourth-order valence-corrected chi connectivity index (χ4v) is 2.63. The number of nitro groups is 2. The van der Waals surface area contributed by atoms with E-state index < -0.39 is 15.8 Å². The molecule has 3 aromatic rings. The number of carbonyl (C=O) groups is 1. The Morgan fingerprint density at radius 1 is 0.833 bits per heavy atom. The zero-order chi connectivity index (χ0) is 21.7. The van der Waals surface area contributed by atoms with Crippen LogP contribution in [0.3, 0.4) is 0 Å². The number of nitrogens with zero attached hydrogens (tertiary/aromatic N) is 2. The second-order valence-corrected chi connectivity index (χ2v) is 6.40. The SMILES string of the molecule is O=C(OCc1ccc(Oc2ccc([N+](=O)[O-])cc2)cc1)c1cc([N+](=O)[O-])ccc1Cl. The van der Waals surface area contributed by atoms with Gasteiger partial charge in [-0.25, -0.2) is 4.79 Å². The van der Waals surface area contributed by atoms with Gasteiger partial charge in [0.2, 0.25) is 0 Å². The Morgan fingerprint density at radius 3 is 1.93 bits per heavy atom. The summed E-state index contributed by atoms with van der Waals surface area (Å²) in [5.74, 6) is 0.135. The summed E-state index contributed by atoms with van der Waals surface area (Å²) in [6.45, 7) is -0.0737. The van der Waals surface area contributed by atoms with Crippen LogP contribution in [0.1, 0.15) is 15.9 Å². The van der Waals surface area contributed by atoms with Gasteiger partial charge >= 0.3 is 5.97 Å². The second-order valence-electron chi connectivity index (χ2n) is 5.99. The molecule has 0 aromatic heterocycles. The van der Waals surface area contributed by atoms with Crippen molar-refractivity contribution in [1.29, 1.82) is 0 Å². The number of hydrogen-bond acceptors (Lipinski definition) is 7. The van der Waals surface area contributed by atoms with Crippen molar-refractivity contribution < 1.29 is 24.1 Å². The molecule has 0 heterocycles. The van der Waals surface area contributed by atoms with Gasteiger partial charge in [0.15, 0.2) is 0 Å². The van der Waals surface area contributed by atoms with E-state index in [4.69, 9.17) is 21.1 Å². The highest BCUT2D eigenvalue weighted by molar-refractivity contribution is 6.33. The Hall–Kier alpha value is -3.98. The molecular weight excluding hydrogens is 416 g/mol. The highest BCUT2D eigenvalue weighted by Crippen LogP contribution is 2.25. The molecule has 9 nitrogen and oxygen atoms in total. The van der Waals surface area contributed by atoms with Gasteiger partial charge in [-0.15, -0.1) is 0 Å². The summed E-state index contributed by atoms with van der Waals surface area (Å²) in [7, 11) is 0. The van der Waals surface area contributed by atoms with E-state index in [1.54, 1.807) is 24.3 Å². The fourth-order valence-electron chi connectivity index (χ4n) is 2.44. The molecule has 0 aliphatic heterocycles. The first-order valence-electron chi connectivity index (χ1n) is 8.46. The number of rotatable bonds is 7. The Labute approximate surface area is 174 Å². The van der Waals surface area contributed by atoms with Crippen LogP contribution in [0.25, 0.3) is 0 Å². The van der Waals surface area contributed by atoms with Crippen LogP contribution in [0.15, 0.2) is 66.7 Å². The van der Waals surface area contributed by atoms with Gasteiger partial charge in [0.1, 0.15) is 18.1 Å². The molecule has 0 amide bonds. The van der Waals surface area contributed by atoms with E-state index in [2.05, 4.69) is 0 Å². The van der Waals surface area contributed by atoms with Crippen molar-refractivity contribution in [3.05, 3.63) is 103 Å². The molecule has 0 N–H and O–H groups in total. The normalized spacial score (nSPS) is 10.3. The van der Waals surface area contributed by atoms with Crippen molar-refractivity contribution in [3.63, 3.8) is 0 Å². The number of benzene rings is 3. The highest BCUT2D eigenvalue weighted by Gasteiger charge is 2.17. The molecule has 152 valence electrons. The van der Waals surface area contributed by atoms with E-state index in [0.717, 1.165) is 6.07 Å². The minimum absolute atomic E-state index is 0.0386. The van der Waals surface area contributed by atoms with Gasteiger partial charge in [-0.1, -0.05) is 23.7 Å². The first-order chi connectivity index (χ1) is 14.3. The number of non-ortho nitro benzene ring substituents is 2. The number of ether oxygens (including phenoxy) is 2. The molecule has 0 fully saturated rings. The zero-order valence-corrected chi connectivity index (χ0v) is 15.9. The number of halogens is 1. The molecule has 0 atom stereocenters. The van der Waals surface area contributed by atoms with Crippen LogP contribution in [-0.4, -0.2) is 15.8 Å². The van der Waals surface area contributed by atoms with E-state index in [1.807, 2.05) is 0 Å². The minimum atomic E-state index is -0.782. The zero-order valence-electron chi connectivity index (χ0n) is 15.2. The average molecular weight is 429 g/mol. The lowest BCUT2D eigenvalue weighted by atomic mass is 10.2. The maximum Gasteiger partial charge on any atom is 0.340 e. The maximum atomic E-state index is 12.2. The summed E-state index contributed by atoms with van der Waals surface area (Å²) in [6.07, 6.45) is 0. The Balaban J connectivity index is 1.60. The van der Waals surface area contributed by atoms with Gasteiger partial charge in [-0.2, -0.15) is 0 Å². The summed E-state index contributed by atoms with van der Waals surface area (Å²) >= 11 is 5.93. The smallest absolute Gasteiger partial charge is 0.340 e. The lowest BCUT2D eigenvalue weighted by molar-refractivity contribution is -0.385. The van der Waals surface area contributed by atoms with E-state index in [9.17, 15) is 25.0 Å². The Morgan fingerprint density at radius 2 is 1.37 bits per heavy atom. The largest absolute Gasteiger partial charge is 0.457 e. The van der Waals surface area contributed by atoms with Crippen LogP contribution in [0.5, 0.6) is 11.5 Å². The van der Waals surface area contributed by atoms with Crippen LogP contribution in [0.2, 0.25) is 5.02 Å². The predicted molar refractivity (Wildman–Crippen MR) is 107 cm³/mol. The van der Waals surface area contributed by atoms with Crippen LogP contribution >= 0.6 is 11.6 Å². The summed E-state index contributed by atoms with van der Waals surface area (Å²) in [5, 5.41) is 21.6. The van der Waals surface area contributed by atoms with Crippen molar-refractivity contribution in [2.45, 2.75) is 6.61 Å². The monoisotopic (exact) mass is 428 g/mol. The Kier molecular flexibility index (Phi) is 6.23. The molecular formula is C20H13ClN2O7. The van der Waals surface area contributed by atoms with Gasteiger partial charge < -0.3 is 9.47 Å². The standard InChI is InChI=1S/C20H13ClN2O7/c21-19-10-5-15(23(27)28)11-18(19)20(24)29-12-13-1-6-16(7-2-13)30-17-8-3-14(4-9-17)22(25)26/h1-11H,12H2.